The zero-order valence-corrected chi connectivity index (χ0v) is 23.7. The maximum Gasteiger partial charge on any atom is 0.340 e. The first-order chi connectivity index (χ1) is 17.4. The van der Waals surface area contributed by atoms with Crippen molar-refractivity contribution in [3.05, 3.63) is 17.7 Å². The first-order valence-electron chi connectivity index (χ1n) is 11.5. The molecule has 0 saturated heterocycles. The van der Waals surface area contributed by atoms with Crippen molar-refractivity contribution in [2.45, 2.75) is 48.5 Å². The van der Waals surface area contributed by atoms with Gasteiger partial charge in [-0.2, -0.15) is 9.97 Å². The van der Waals surface area contributed by atoms with Crippen LogP contribution in [0.2, 0.25) is 0 Å². The number of hydrogen-bond acceptors (Lipinski definition) is 14. The van der Waals surface area contributed by atoms with Gasteiger partial charge in [-0.3, -0.25) is 28.0 Å². The first kappa shape index (κ1) is 32.8. The van der Waals surface area contributed by atoms with E-state index in [2.05, 4.69) is 9.97 Å². The van der Waals surface area contributed by atoms with E-state index in [-0.39, 0.29) is 37.0 Å². The summed E-state index contributed by atoms with van der Waals surface area (Å²) in [7, 11) is -4.04. The number of nitrogens with two attached hydrogens (primary N) is 2. The highest BCUT2D eigenvalue weighted by Gasteiger charge is 2.29. The molecule has 0 amide bonds. The Kier molecular flexibility index (Phi) is 12.2. The molecule has 214 valence electrons. The molecule has 4 N–H and O–H groups in total. The van der Waals surface area contributed by atoms with E-state index < -0.39 is 49.9 Å². The second-order valence-electron chi connectivity index (χ2n) is 10.1. The van der Waals surface area contributed by atoms with Crippen LogP contribution in [0.3, 0.4) is 0 Å². The van der Waals surface area contributed by atoms with Gasteiger partial charge in [0.05, 0.1) is 17.0 Å². The SMILES string of the molecule is CC(=O)OC/C(=C\CP(=O)(OCOC(=O)C(C)(C)C)OCOC(=O)C(C)(C)C)COc1cc(N)nc(N)n1. The summed E-state index contributed by atoms with van der Waals surface area (Å²) in [5.41, 5.74) is 9.90. The minimum absolute atomic E-state index is 0.0580. The van der Waals surface area contributed by atoms with E-state index in [4.69, 9.17) is 39.5 Å². The molecule has 1 rings (SSSR count). The molecule has 14 nitrogen and oxygen atoms in total. The van der Waals surface area contributed by atoms with Gasteiger partial charge in [-0.25, -0.2) is 0 Å². The molecule has 0 radical (unpaired) electrons. The van der Waals surface area contributed by atoms with Crippen molar-refractivity contribution in [1.29, 1.82) is 0 Å². The molecule has 0 aliphatic carbocycles. The monoisotopic (exact) mass is 560 g/mol. The molecule has 0 atom stereocenters. The average Bonchev–Trinajstić information content (AvgIpc) is 2.76. The van der Waals surface area contributed by atoms with Gasteiger partial charge in [0.1, 0.15) is 19.0 Å². The summed E-state index contributed by atoms with van der Waals surface area (Å²) >= 11 is 0. The highest BCUT2D eigenvalue weighted by atomic mass is 31.2. The zero-order valence-electron chi connectivity index (χ0n) is 22.8. The lowest BCUT2D eigenvalue weighted by molar-refractivity contribution is -0.162. The van der Waals surface area contributed by atoms with Crippen LogP contribution in [0, 0.1) is 10.8 Å². The molecule has 0 aliphatic heterocycles. The minimum Gasteiger partial charge on any atom is -0.473 e. The Morgan fingerprint density at radius 3 is 1.87 bits per heavy atom. The van der Waals surface area contributed by atoms with Gasteiger partial charge in [0, 0.05) is 18.6 Å². The molecule has 1 aromatic heterocycles. The second-order valence-corrected chi connectivity index (χ2v) is 12.2. The molecule has 15 heteroatoms. The molecule has 1 heterocycles. The fraction of sp³-hybridized carbons (Fsp3) is 0.609. The van der Waals surface area contributed by atoms with Crippen molar-refractivity contribution in [3.8, 4) is 5.88 Å². The Labute approximate surface area is 221 Å². The Morgan fingerprint density at radius 1 is 0.895 bits per heavy atom. The van der Waals surface area contributed by atoms with Gasteiger partial charge < -0.3 is 30.4 Å². The zero-order chi connectivity index (χ0) is 29.1. The average molecular weight is 561 g/mol. The molecule has 0 fully saturated rings. The molecule has 0 unspecified atom stereocenters. The largest absolute Gasteiger partial charge is 0.473 e. The van der Waals surface area contributed by atoms with Crippen molar-refractivity contribution in [3.63, 3.8) is 0 Å². The highest BCUT2D eigenvalue weighted by Crippen LogP contribution is 2.48. The maximum atomic E-state index is 13.4. The van der Waals surface area contributed by atoms with Gasteiger partial charge in [0.2, 0.25) is 25.4 Å². The van der Waals surface area contributed by atoms with Crippen molar-refractivity contribution in [2.24, 2.45) is 10.8 Å². The van der Waals surface area contributed by atoms with Crippen LogP contribution in [-0.4, -0.2) is 60.8 Å². The highest BCUT2D eigenvalue weighted by molar-refractivity contribution is 7.54. The number of carbonyl (C=O) groups is 3. The Hall–Kier alpha value is -3.22. The third-order valence-electron chi connectivity index (χ3n) is 4.31. The summed E-state index contributed by atoms with van der Waals surface area (Å²) in [6, 6.07) is 1.34. The Balaban J connectivity index is 3.03. The first-order valence-corrected chi connectivity index (χ1v) is 13.2. The normalized spacial score (nSPS) is 12.6. The smallest absolute Gasteiger partial charge is 0.340 e. The minimum atomic E-state index is -4.04. The van der Waals surface area contributed by atoms with E-state index in [9.17, 15) is 18.9 Å². The summed E-state index contributed by atoms with van der Waals surface area (Å²) in [4.78, 5) is 43.1. The van der Waals surface area contributed by atoms with Gasteiger partial charge >= 0.3 is 25.5 Å². The number of nitrogen functional groups attached to an aromatic ring is 2. The van der Waals surface area contributed by atoms with E-state index in [0.29, 0.717) is 5.57 Å². The van der Waals surface area contributed by atoms with Crippen LogP contribution in [0.4, 0.5) is 11.8 Å². The summed E-state index contributed by atoms with van der Waals surface area (Å²) in [5.74, 6) is -1.71. The number of anilines is 2. The molecular formula is C23H37N4O10P. The van der Waals surface area contributed by atoms with E-state index in [1.165, 1.54) is 19.1 Å². The molecule has 0 aromatic carbocycles. The van der Waals surface area contributed by atoms with Crippen molar-refractivity contribution in [2.75, 3.05) is 44.4 Å². The van der Waals surface area contributed by atoms with Crippen LogP contribution >= 0.6 is 7.60 Å². The number of ether oxygens (including phenoxy) is 4. The van der Waals surface area contributed by atoms with Crippen molar-refractivity contribution >= 4 is 37.3 Å². The van der Waals surface area contributed by atoms with Crippen molar-refractivity contribution in [1.82, 2.24) is 9.97 Å². The van der Waals surface area contributed by atoms with Gasteiger partial charge in [-0.15, -0.1) is 0 Å². The van der Waals surface area contributed by atoms with Crippen LogP contribution in [0.15, 0.2) is 17.7 Å². The lowest BCUT2D eigenvalue weighted by Gasteiger charge is -2.21. The summed E-state index contributed by atoms with van der Waals surface area (Å²) in [5, 5.41) is 0. The topological polar surface area (TPSA) is 201 Å². The summed E-state index contributed by atoms with van der Waals surface area (Å²) < 4.78 is 44.6. The third-order valence-corrected chi connectivity index (χ3v) is 5.94. The summed E-state index contributed by atoms with van der Waals surface area (Å²) in [6.07, 6.45) is 1.02. The van der Waals surface area contributed by atoms with E-state index in [1.807, 2.05) is 0 Å². The summed E-state index contributed by atoms with van der Waals surface area (Å²) in [6.45, 7) is 9.31. The number of nitrogens with zero attached hydrogens (tertiary/aromatic N) is 2. The fourth-order valence-corrected chi connectivity index (χ4v) is 3.39. The number of rotatable bonds is 13. The molecule has 0 spiro atoms. The van der Waals surface area contributed by atoms with Gasteiger partial charge in [0.25, 0.3) is 0 Å². The van der Waals surface area contributed by atoms with E-state index in [1.54, 1.807) is 41.5 Å². The van der Waals surface area contributed by atoms with Gasteiger partial charge in [-0.1, -0.05) is 6.08 Å². The third kappa shape index (κ3) is 12.8. The molecule has 0 bridgehead atoms. The number of allylic oxidation sites excluding steroid dienone is 1. The molecule has 38 heavy (non-hydrogen) atoms. The number of hydrogen-bond donors (Lipinski definition) is 2. The molecular weight excluding hydrogens is 523 g/mol. The van der Waals surface area contributed by atoms with Crippen LogP contribution in [0.1, 0.15) is 48.5 Å². The van der Waals surface area contributed by atoms with Gasteiger partial charge in [-0.05, 0) is 41.5 Å². The van der Waals surface area contributed by atoms with Crippen LogP contribution in [-0.2, 0) is 42.2 Å². The standard InChI is InChI=1S/C23H37N4O10P/c1-15(28)32-11-16(12-33-18-10-17(24)26-21(25)27-18)8-9-38(31,36-13-34-19(29)22(2,3)4)37-14-35-20(30)23(5,6)7/h8,10H,9,11-14H2,1-7H3,(H4,24,25,26,27)/b16-8+. The second kappa shape index (κ2) is 14.1. The Bertz CT molecular complexity index is 1010. The number of aromatic nitrogens is 2. The maximum absolute atomic E-state index is 13.4. The van der Waals surface area contributed by atoms with Crippen LogP contribution < -0.4 is 16.2 Å². The van der Waals surface area contributed by atoms with Crippen LogP contribution in [0.25, 0.3) is 0 Å². The molecule has 1 aromatic rings. The van der Waals surface area contributed by atoms with E-state index in [0.717, 1.165) is 0 Å². The lowest BCUT2D eigenvalue weighted by atomic mass is 9.98. The van der Waals surface area contributed by atoms with Crippen molar-refractivity contribution < 1.29 is 46.9 Å². The molecule has 0 saturated carbocycles. The number of carbonyl (C=O) groups excluding carboxylic acids is 3. The van der Waals surface area contributed by atoms with E-state index >= 15 is 0 Å². The number of esters is 3. The predicted molar refractivity (Wildman–Crippen MR) is 137 cm³/mol. The fourth-order valence-electron chi connectivity index (χ4n) is 2.19. The van der Waals surface area contributed by atoms with Gasteiger partial charge in [0.15, 0.2) is 0 Å². The predicted octanol–water partition coefficient (Wildman–Crippen LogP) is 2.83. The quantitative estimate of drug-likeness (QED) is 0.117. The van der Waals surface area contributed by atoms with Crippen LogP contribution in [0.5, 0.6) is 5.88 Å². The lowest BCUT2D eigenvalue weighted by Crippen LogP contribution is -2.25. The molecule has 0 aliphatic rings. The Morgan fingerprint density at radius 2 is 1.42 bits per heavy atom.